The molecule has 1 aromatic carbocycles. The summed E-state index contributed by atoms with van der Waals surface area (Å²) < 4.78 is 1.15. The maximum atomic E-state index is 4.62. The number of fused-ring (bicyclic) bond motifs is 1. The Bertz CT molecular complexity index is 963. The minimum atomic E-state index is 0.868. The van der Waals surface area contributed by atoms with Crippen molar-refractivity contribution < 1.29 is 0 Å². The number of benzene rings is 1. The van der Waals surface area contributed by atoms with Gasteiger partial charge in [0, 0.05) is 24.2 Å². The number of aromatic nitrogens is 3. The molecule has 0 saturated carbocycles. The molecular weight excluding hydrogens is 304 g/mol. The fourth-order valence-corrected chi connectivity index (χ4v) is 3.36. The fourth-order valence-electron chi connectivity index (χ4n) is 2.43. The number of aryl methyl sites for hydroxylation is 1. The average molecular weight is 318 g/mol. The highest BCUT2D eigenvalue weighted by Gasteiger charge is 2.07. The lowest BCUT2D eigenvalue weighted by atomic mass is 10.1. The lowest BCUT2D eigenvalue weighted by Crippen LogP contribution is -1.88. The van der Waals surface area contributed by atoms with Gasteiger partial charge in [0.15, 0.2) is 5.13 Å². The van der Waals surface area contributed by atoms with Crippen LogP contribution in [0.1, 0.15) is 5.56 Å². The second-order valence-electron chi connectivity index (χ2n) is 5.32. The molecule has 0 bridgehead atoms. The molecule has 4 aromatic rings. The number of rotatable bonds is 3. The molecule has 3 heterocycles. The predicted molar refractivity (Wildman–Crippen MR) is 95.1 cm³/mol. The number of pyridine rings is 2. The Balaban J connectivity index is 1.69. The smallest absolute Gasteiger partial charge is 0.188 e. The van der Waals surface area contributed by atoms with Crippen molar-refractivity contribution in [1.82, 2.24) is 15.0 Å². The maximum absolute atomic E-state index is 4.62. The third-order valence-corrected chi connectivity index (χ3v) is 4.44. The third kappa shape index (κ3) is 2.91. The highest BCUT2D eigenvalue weighted by Crippen LogP contribution is 2.31. The van der Waals surface area contributed by atoms with Gasteiger partial charge < -0.3 is 5.32 Å². The zero-order valence-electron chi connectivity index (χ0n) is 12.5. The van der Waals surface area contributed by atoms with Gasteiger partial charge in [-0.05, 0) is 48.4 Å². The zero-order chi connectivity index (χ0) is 15.6. The molecular formula is C18H14N4S. The number of nitrogens with zero attached hydrogens (tertiary/aromatic N) is 3. The van der Waals surface area contributed by atoms with Crippen LogP contribution in [0.25, 0.3) is 21.3 Å². The highest BCUT2D eigenvalue weighted by atomic mass is 32.1. The van der Waals surface area contributed by atoms with Gasteiger partial charge in [0.1, 0.15) is 0 Å². The van der Waals surface area contributed by atoms with Gasteiger partial charge >= 0.3 is 0 Å². The van der Waals surface area contributed by atoms with E-state index in [9.17, 15) is 0 Å². The first-order valence-corrected chi connectivity index (χ1v) is 8.09. The Kier molecular flexibility index (Phi) is 3.48. The molecule has 0 fully saturated rings. The minimum Gasteiger partial charge on any atom is -0.330 e. The molecule has 0 aliphatic carbocycles. The standard InChI is InChI=1S/C18H14N4S/c1-12-7-14(10-20-9-12)13-4-5-16-17(8-13)23-18(22-16)21-15-3-2-6-19-11-15/h2-11H,1H3,(H,21,22). The van der Waals surface area contributed by atoms with Crippen LogP contribution in [0.4, 0.5) is 10.8 Å². The number of thiazole rings is 1. The van der Waals surface area contributed by atoms with Gasteiger partial charge in [-0.3, -0.25) is 9.97 Å². The summed E-state index contributed by atoms with van der Waals surface area (Å²) in [6.07, 6.45) is 7.30. The van der Waals surface area contributed by atoms with Crippen molar-refractivity contribution in [2.24, 2.45) is 0 Å². The Morgan fingerprint density at radius 2 is 1.91 bits per heavy atom. The molecule has 4 rings (SSSR count). The van der Waals surface area contributed by atoms with Crippen molar-refractivity contribution in [2.75, 3.05) is 5.32 Å². The first-order chi connectivity index (χ1) is 11.3. The molecule has 0 saturated heterocycles. The minimum absolute atomic E-state index is 0.868. The Hall–Kier alpha value is -2.79. The van der Waals surface area contributed by atoms with Gasteiger partial charge in [-0.1, -0.05) is 17.4 Å². The zero-order valence-corrected chi connectivity index (χ0v) is 13.3. The molecule has 3 aromatic heterocycles. The summed E-state index contributed by atoms with van der Waals surface area (Å²) in [4.78, 5) is 13.0. The van der Waals surface area contributed by atoms with Crippen molar-refractivity contribution in [3.05, 3.63) is 66.7 Å². The van der Waals surface area contributed by atoms with Gasteiger partial charge in [-0.25, -0.2) is 4.98 Å². The first kappa shape index (κ1) is 13.8. The van der Waals surface area contributed by atoms with Crippen LogP contribution in [0.5, 0.6) is 0 Å². The molecule has 0 aliphatic rings. The van der Waals surface area contributed by atoms with Crippen molar-refractivity contribution in [2.45, 2.75) is 6.92 Å². The number of anilines is 2. The van der Waals surface area contributed by atoms with Crippen LogP contribution in [-0.2, 0) is 0 Å². The normalized spacial score (nSPS) is 10.8. The summed E-state index contributed by atoms with van der Waals surface area (Å²) in [5.74, 6) is 0. The van der Waals surface area contributed by atoms with Crippen LogP contribution >= 0.6 is 11.3 Å². The fraction of sp³-hybridized carbons (Fsp3) is 0.0556. The van der Waals surface area contributed by atoms with Gasteiger partial charge in [0.2, 0.25) is 0 Å². The Morgan fingerprint density at radius 1 is 0.957 bits per heavy atom. The highest BCUT2D eigenvalue weighted by molar-refractivity contribution is 7.22. The summed E-state index contributed by atoms with van der Waals surface area (Å²) in [5.41, 5.74) is 5.37. The third-order valence-electron chi connectivity index (χ3n) is 3.51. The summed E-state index contributed by atoms with van der Waals surface area (Å²) in [7, 11) is 0. The second-order valence-corrected chi connectivity index (χ2v) is 6.35. The second kappa shape index (κ2) is 5.78. The van der Waals surface area contributed by atoms with Crippen LogP contribution < -0.4 is 5.32 Å². The topological polar surface area (TPSA) is 50.7 Å². The van der Waals surface area contributed by atoms with Crippen molar-refractivity contribution in [1.29, 1.82) is 0 Å². The summed E-state index contributed by atoms with van der Waals surface area (Å²) in [6.45, 7) is 2.05. The number of hydrogen-bond donors (Lipinski definition) is 1. The lowest BCUT2D eigenvalue weighted by Gasteiger charge is -2.01. The Labute approximate surface area is 137 Å². The monoisotopic (exact) mass is 318 g/mol. The van der Waals surface area contributed by atoms with Gasteiger partial charge in [0.05, 0.1) is 22.1 Å². The van der Waals surface area contributed by atoms with Crippen LogP contribution in [0.15, 0.2) is 61.2 Å². The van der Waals surface area contributed by atoms with E-state index in [0.717, 1.165) is 37.7 Å². The molecule has 23 heavy (non-hydrogen) atoms. The van der Waals surface area contributed by atoms with Crippen molar-refractivity contribution in [3.63, 3.8) is 0 Å². The van der Waals surface area contributed by atoms with E-state index in [1.54, 1.807) is 23.7 Å². The molecule has 0 unspecified atom stereocenters. The van der Waals surface area contributed by atoms with E-state index in [1.807, 2.05) is 24.5 Å². The predicted octanol–water partition coefficient (Wildman–Crippen LogP) is 4.81. The van der Waals surface area contributed by atoms with E-state index in [-0.39, 0.29) is 0 Å². The molecule has 0 atom stereocenters. The lowest BCUT2D eigenvalue weighted by molar-refractivity contribution is 1.27. The quantitative estimate of drug-likeness (QED) is 0.589. The van der Waals surface area contributed by atoms with Crippen molar-refractivity contribution >= 4 is 32.4 Å². The molecule has 5 heteroatoms. The molecule has 1 N–H and O–H groups in total. The van der Waals surface area contributed by atoms with Crippen LogP contribution in [0.2, 0.25) is 0 Å². The van der Waals surface area contributed by atoms with E-state index in [4.69, 9.17) is 0 Å². The molecule has 4 nitrogen and oxygen atoms in total. The Morgan fingerprint density at radius 3 is 2.74 bits per heavy atom. The van der Waals surface area contributed by atoms with Gasteiger partial charge in [-0.15, -0.1) is 0 Å². The average Bonchev–Trinajstić information content (AvgIpc) is 2.97. The van der Waals surface area contributed by atoms with E-state index < -0.39 is 0 Å². The van der Waals surface area contributed by atoms with E-state index in [2.05, 4.69) is 51.5 Å². The van der Waals surface area contributed by atoms with E-state index >= 15 is 0 Å². The summed E-state index contributed by atoms with van der Waals surface area (Å²) >= 11 is 1.63. The van der Waals surface area contributed by atoms with Gasteiger partial charge in [-0.2, -0.15) is 0 Å². The van der Waals surface area contributed by atoms with Crippen LogP contribution in [0, 0.1) is 6.92 Å². The summed E-state index contributed by atoms with van der Waals surface area (Å²) in [5, 5.41) is 4.16. The summed E-state index contributed by atoms with van der Waals surface area (Å²) in [6, 6.07) is 12.3. The van der Waals surface area contributed by atoms with E-state index in [1.165, 1.54) is 0 Å². The maximum Gasteiger partial charge on any atom is 0.188 e. The largest absolute Gasteiger partial charge is 0.330 e. The molecule has 0 aliphatic heterocycles. The number of nitrogens with one attached hydrogen (secondary N) is 1. The molecule has 0 amide bonds. The molecule has 0 radical (unpaired) electrons. The van der Waals surface area contributed by atoms with Gasteiger partial charge in [0.25, 0.3) is 0 Å². The van der Waals surface area contributed by atoms with Crippen LogP contribution in [-0.4, -0.2) is 15.0 Å². The van der Waals surface area contributed by atoms with Crippen LogP contribution in [0.3, 0.4) is 0 Å². The molecule has 0 spiro atoms. The SMILES string of the molecule is Cc1cncc(-c2ccc3nc(Nc4cccnc4)sc3c2)c1. The van der Waals surface area contributed by atoms with E-state index in [0.29, 0.717) is 0 Å². The number of hydrogen-bond acceptors (Lipinski definition) is 5. The van der Waals surface area contributed by atoms with Crippen molar-refractivity contribution in [3.8, 4) is 11.1 Å². The first-order valence-electron chi connectivity index (χ1n) is 7.28. The molecule has 112 valence electrons.